The van der Waals surface area contributed by atoms with Gasteiger partial charge in [0.25, 0.3) is 0 Å². The molecule has 0 saturated carbocycles. The molecule has 0 aromatic rings. The predicted octanol–water partition coefficient (Wildman–Crippen LogP) is 19.0. The lowest BCUT2D eigenvalue weighted by atomic mass is 10.1. The first-order chi connectivity index (χ1) is 35.0. The van der Waals surface area contributed by atoms with E-state index in [1.54, 1.807) is 0 Å². The molecule has 1 atom stereocenters. The van der Waals surface area contributed by atoms with Crippen molar-refractivity contribution < 1.29 is 28.6 Å². The lowest BCUT2D eigenvalue weighted by Crippen LogP contribution is -2.30. The first-order valence-electron chi connectivity index (χ1n) is 28.0. The van der Waals surface area contributed by atoms with Crippen LogP contribution in [0.15, 0.2) is 158 Å². The Labute approximate surface area is 435 Å². The molecule has 0 rings (SSSR count). The Bertz CT molecular complexity index is 1640. The number of hydrogen-bond donors (Lipinski definition) is 0. The van der Waals surface area contributed by atoms with Crippen LogP contribution in [0.25, 0.3) is 0 Å². The maximum absolute atomic E-state index is 12.8. The quantitative estimate of drug-likeness (QED) is 0.0262. The Morgan fingerprint density at radius 3 is 0.901 bits per heavy atom. The molecule has 0 aromatic carbocycles. The molecule has 71 heavy (non-hydrogen) atoms. The van der Waals surface area contributed by atoms with E-state index in [2.05, 4.69) is 179 Å². The highest BCUT2D eigenvalue weighted by molar-refractivity contribution is 5.71. The van der Waals surface area contributed by atoms with E-state index in [4.69, 9.17) is 14.2 Å². The van der Waals surface area contributed by atoms with Gasteiger partial charge in [-0.15, -0.1) is 0 Å². The van der Waals surface area contributed by atoms with Crippen LogP contribution in [0.3, 0.4) is 0 Å². The largest absolute Gasteiger partial charge is 0.462 e. The second kappa shape index (κ2) is 57.6. The summed E-state index contributed by atoms with van der Waals surface area (Å²) in [5, 5.41) is 0. The van der Waals surface area contributed by atoms with Crippen molar-refractivity contribution in [1.82, 2.24) is 0 Å². The van der Waals surface area contributed by atoms with Gasteiger partial charge in [-0.2, -0.15) is 0 Å². The fourth-order valence-electron chi connectivity index (χ4n) is 6.90. The van der Waals surface area contributed by atoms with Gasteiger partial charge in [0.2, 0.25) is 0 Å². The maximum atomic E-state index is 12.8. The molecule has 0 radical (unpaired) electrons. The summed E-state index contributed by atoms with van der Waals surface area (Å²) < 4.78 is 16.6. The number of carbonyl (C=O) groups is 3. The monoisotopic (exact) mass is 977 g/mol. The van der Waals surface area contributed by atoms with E-state index in [-0.39, 0.29) is 37.5 Å². The van der Waals surface area contributed by atoms with Crippen molar-refractivity contribution in [2.24, 2.45) is 0 Å². The topological polar surface area (TPSA) is 78.9 Å². The molecule has 6 nitrogen and oxygen atoms in total. The van der Waals surface area contributed by atoms with Gasteiger partial charge in [-0.05, 0) is 122 Å². The number of carbonyl (C=O) groups excluding carboxylic acids is 3. The lowest BCUT2D eigenvalue weighted by Gasteiger charge is -2.18. The summed E-state index contributed by atoms with van der Waals surface area (Å²) >= 11 is 0. The number of ether oxygens (including phenoxy) is 3. The summed E-state index contributed by atoms with van der Waals surface area (Å²) in [6, 6.07) is 0. The molecule has 1 unspecified atom stereocenters. The standard InChI is InChI=1S/C65H100O6/c1-4-7-10-13-15-17-19-21-23-25-27-29-31-32-34-35-37-39-41-43-45-47-49-52-55-58-64(67)70-61-62(60-69-63(66)57-54-51-12-9-6-3)71-65(68)59-56-53-50-48-46-44-42-40-38-36-33-30-28-26-24-22-20-18-16-14-11-8-5-2/h7-8,10-11,15-18,21-24,27-30,32,34,36-39,42,44,48,50,62H,4-6,9,12-14,19-20,25-26,31,33,35,40-41,43,45-47,49,51-61H2,1-3H3/b10-7-,11-8-,17-15-,18-16-,23-21-,24-22-,29-27-,30-28-,34-32-,38-36-,39-37-,44-42-,50-48-. The molecule has 0 fully saturated rings. The Balaban J connectivity index is 4.30. The summed E-state index contributed by atoms with van der Waals surface area (Å²) in [6.45, 7) is 6.24. The molecule has 0 N–H and O–H groups in total. The summed E-state index contributed by atoms with van der Waals surface area (Å²) in [6.07, 6.45) is 84.2. The van der Waals surface area contributed by atoms with Gasteiger partial charge >= 0.3 is 17.9 Å². The maximum Gasteiger partial charge on any atom is 0.306 e. The molecule has 0 aliphatic carbocycles. The minimum atomic E-state index is -0.819. The predicted molar refractivity (Wildman–Crippen MR) is 306 cm³/mol. The Hall–Kier alpha value is -4.97. The lowest BCUT2D eigenvalue weighted by molar-refractivity contribution is -0.167. The molecule has 0 spiro atoms. The molecular formula is C65H100O6. The Morgan fingerprint density at radius 2 is 0.563 bits per heavy atom. The zero-order chi connectivity index (χ0) is 51.4. The molecule has 0 saturated heterocycles. The third-order valence-corrected chi connectivity index (χ3v) is 11.0. The van der Waals surface area contributed by atoms with Gasteiger partial charge in [0.1, 0.15) is 13.2 Å². The van der Waals surface area contributed by atoms with Crippen LogP contribution in [0.5, 0.6) is 0 Å². The van der Waals surface area contributed by atoms with Gasteiger partial charge in [-0.3, -0.25) is 14.4 Å². The van der Waals surface area contributed by atoms with Crippen molar-refractivity contribution in [1.29, 1.82) is 0 Å². The van der Waals surface area contributed by atoms with Crippen LogP contribution < -0.4 is 0 Å². The zero-order valence-corrected chi connectivity index (χ0v) is 45.2. The molecule has 0 amide bonds. The van der Waals surface area contributed by atoms with Crippen LogP contribution in [0, 0.1) is 0 Å². The van der Waals surface area contributed by atoms with Crippen LogP contribution in [0.2, 0.25) is 0 Å². The van der Waals surface area contributed by atoms with Crippen LogP contribution >= 0.6 is 0 Å². The van der Waals surface area contributed by atoms with Crippen LogP contribution in [-0.4, -0.2) is 37.2 Å². The third kappa shape index (κ3) is 55.8. The number of esters is 3. The summed E-state index contributed by atoms with van der Waals surface area (Å²) in [5.41, 5.74) is 0. The van der Waals surface area contributed by atoms with E-state index in [1.807, 2.05) is 0 Å². The van der Waals surface area contributed by atoms with E-state index in [0.717, 1.165) is 154 Å². The molecule has 0 aromatic heterocycles. The van der Waals surface area contributed by atoms with Crippen LogP contribution in [0.4, 0.5) is 0 Å². The van der Waals surface area contributed by atoms with Crippen molar-refractivity contribution >= 4 is 17.9 Å². The zero-order valence-electron chi connectivity index (χ0n) is 45.2. The van der Waals surface area contributed by atoms with Crippen molar-refractivity contribution in [3.05, 3.63) is 158 Å². The highest BCUT2D eigenvalue weighted by atomic mass is 16.6. The number of unbranched alkanes of at least 4 members (excludes halogenated alkanes) is 11. The summed E-state index contributed by atoms with van der Waals surface area (Å²) in [4.78, 5) is 37.8. The van der Waals surface area contributed by atoms with Gasteiger partial charge in [0.15, 0.2) is 6.10 Å². The third-order valence-electron chi connectivity index (χ3n) is 11.0. The molecular weight excluding hydrogens is 877 g/mol. The van der Waals surface area contributed by atoms with E-state index in [1.165, 1.54) is 12.8 Å². The van der Waals surface area contributed by atoms with Crippen molar-refractivity contribution in [2.45, 2.75) is 219 Å². The highest BCUT2D eigenvalue weighted by Crippen LogP contribution is 2.12. The van der Waals surface area contributed by atoms with Gasteiger partial charge in [0.05, 0.1) is 0 Å². The molecule has 0 bridgehead atoms. The molecule has 0 aliphatic heterocycles. The van der Waals surface area contributed by atoms with E-state index in [0.29, 0.717) is 19.3 Å². The van der Waals surface area contributed by atoms with Crippen molar-refractivity contribution in [2.75, 3.05) is 13.2 Å². The average Bonchev–Trinajstić information content (AvgIpc) is 3.37. The molecule has 0 heterocycles. The van der Waals surface area contributed by atoms with Gasteiger partial charge < -0.3 is 14.2 Å². The minimum absolute atomic E-state index is 0.114. The first-order valence-corrected chi connectivity index (χ1v) is 28.0. The number of allylic oxidation sites excluding steroid dienone is 26. The second-order valence-corrected chi connectivity index (χ2v) is 17.7. The van der Waals surface area contributed by atoms with Crippen molar-refractivity contribution in [3.63, 3.8) is 0 Å². The fourth-order valence-corrected chi connectivity index (χ4v) is 6.90. The Kier molecular flexibility index (Phi) is 53.6. The van der Waals surface area contributed by atoms with Crippen LogP contribution in [-0.2, 0) is 28.6 Å². The van der Waals surface area contributed by atoms with Gasteiger partial charge in [-0.25, -0.2) is 0 Å². The summed E-state index contributed by atoms with van der Waals surface area (Å²) in [5.74, 6) is -1.01. The average molecular weight is 978 g/mol. The van der Waals surface area contributed by atoms with E-state index < -0.39 is 6.10 Å². The van der Waals surface area contributed by atoms with Gasteiger partial charge in [-0.1, -0.05) is 230 Å². The van der Waals surface area contributed by atoms with Crippen LogP contribution in [0.1, 0.15) is 213 Å². The highest BCUT2D eigenvalue weighted by Gasteiger charge is 2.19. The molecule has 396 valence electrons. The van der Waals surface area contributed by atoms with Gasteiger partial charge in [0, 0.05) is 19.3 Å². The number of hydrogen-bond acceptors (Lipinski definition) is 6. The van der Waals surface area contributed by atoms with E-state index >= 15 is 0 Å². The number of rotatable bonds is 48. The van der Waals surface area contributed by atoms with Crippen molar-refractivity contribution in [3.8, 4) is 0 Å². The molecule has 6 heteroatoms. The SMILES string of the molecule is CC/C=C\C/C=C\C/C=C\C/C=C\C/C=C\C/C=C\C/C=C\CCCC(=O)OC(COC(=O)CCCCCCC)COC(=O)CCCCCCCC/C=C\C/C=C\C/C=C\C/C=C\C/C=C\C/C=C\CC. The first kappa shape index (κ1) is 66.0. The normalized spacial score (nSPS) is 13.3. The Morgan fingerprint density at radius 1 is 0.296 bits per heavy atom. The summed E-state index contributed by atoms with van der Waals surface area (Å²) in [7, 11) is 0. The smallest absolute Gasteiger partial charge is 0.306 e. The van der Waals surface area contributed by atoms with E-state index in [9.17, 15) is 14.4 Å². The minimum Gasteiger partial charge on any atom is -0.462 e. The molecule has 0 aliphatic rings. The fraction of sp³-hybridized carbons (Fsp3) is 0.554. The second-order valence-electron chi connectivity index (χ2n) is 17.7.